The minimum Gasteiger partial charge on any atom is -0.508 e. The molecule has 108 valence electrons. The van der Waals surface area contributed by atoms with Crippen molar-refractivity contribution in [2.75, 3.05) is 0 Å². The Morgan fingerprint density at radius 1 is 1.05 bits per heavy atom. The fraction of sp³-hybridized carbons (Fsp3) is 0. The van der Waals surface area contributed by atoms with E-state index < -0.39 is 11.7 Å². The number of phenolic OH excluding ortho intramolecular Hbond substituents is 2. The largest absolute Gasteiger partial charge is 0.508 e. The van der Waals surface area contributed by atoms with Gasteiger partial charge in [-0.15, -0.1) is 0 Å². The molecule has 0 aromatic heterocycles. The number of hydrogen-bond acceptors (Lipinski definition) is 4. The summed E-state index contributed by atoms with van der Waals surface area (Å²) in [6.07, 6.45) is 0. The monoisotopic (exact) mass is 288 g/mol. The topological polar surface area (TPSA) is 81.6 Å². The van der Waals surface area contributed by atoms with Crippen LogP contribution in [0.5, 0.6) is 11.5 Å². The summed E-state index contributed by atoms with van der Waals surface area (Å²) in [5.74, 6) is -1.17. The molecule has 0 radical (unpaired) electrons. The molecule has 0 heterocycles. The van der Waals surface area contributed by atoms with E-state index in [4.69, 9.17) is 0 Å². The first-order valence-electron chi connectivity index (χ1n) is 6.00. The highest BCUT2D eigenvalue weighted by Crippen LogP contribution is 2.26. The number of hydrazine groups is 1. The molecule has 0 aliphatic rings. The molecule has 5 nitrogen and oxygen atoms in total. The first-order valence-corrected chi connectivity index (χ1v) is 6.00. The minimum absolute atomic E-state index is 0.0839. The normalized spacial score (nSPS) is 9.95. The molecule has 0 bridgehead atoms. The maximum absolute atomic E-state index is 12.8. The molecule has 21 heavy (non-hydrogen) atoms. The first kappa shape index (κ1) is 14.4. The van der Waals surface area contributed by atoms with Crippen molar-refractivity contribution in [3.05, 3.63) is 66.0 Å². The van der Waals surface area contributed by atoms with Crippen molar-refractivity contribution in [3.63, 3.8) is 0 Å². The van der Waals surface area contributed by atoms with Crippen molar-refractivity contribution < 1.29 is 19.4 Å². The molecule has 4 N–H and O–H groups in total. The Labute approximate surface area is 120 Å². The Morgan fingerprint density at radius 2 is 1.71 bits per heavy atom. The highest BCUT2D eigenvalue weighted by atomic mass is 19.1. The van der Waals surface area contributed by atoms with Crippen LogP contribution >= 0.6 is 0 Å². The van der Waals surface area contributed by atoms with E-state index in [1.165, 1.54) is 36.4 Å². The molecular formula is C15H13FN2O3. The number of amides is 1. The van der Waals surface area contributed by atoms with Crippen LogP contribution in [0.1, 0.15) is 15.9 Å². The van der Waals surface area contributed by atoms with Crippen LogP contribution in [0.2, 0.25) is 0 Å². The SMILES string of the molecule is C=C(NNC(=O)c1ccc(F)cc1)c1ccc(O)cc1O. The van der Waals surface area contributed by atoms with Crippen LogP contribution in [0, 0.1) is 5.82 Å². The lowest BCUT2D eigenvalue weighted by Crippen LogP contribution is -2.35. The Kier molecular flexibility index (Phi) is 4.08. The van der Waals surface area contributed by atoms with Crippen LogP contribution in [-0.4, -0.2) is 16.1 Å². The second-order valence-electron chi connectivity index (χ2n) is 4.27. The van der Waals surface area contributed by atoms with Gasteiger partial charge in [-0.05, 0) is 36.4 Å². The van der Waals surface area contributed by atoms with E-state index in [0.29, 0.717) is 5.56 Å². The maximum atomic E-state index is 12.8. The third-order valence-corrected chi connectivity index (χ3v) is 2.74. The molecule has 2 aromatic carbocycles. The van der Waals surface area contributed by atoms with Gasteiger partial charge in [-0.3, -0.25) is 15.6 Å². The van der Waals surface area contributed by atoms with Gasteiger partial charge in [0.15, 0.2) is 0 Å². The lowest BCUT2D eigenvalue weighted by molar-refractivity contribution is 0.0942. The number of phenols is 2. The molecule has 0 aliphatic carbocycles. The van der Waals surface area contributed by atoms with Gasteiger partial charge in [0, 0.05) is 17.2 Å². The number of carbonyl (C=O) groups excluding carboxylic acids is 1. The highest BCUT2D eigenvalue weighted by molar-refractivity contribution is 5.94. The van der Waals surface area contributed by atoms with Crippen molar-refractivity contribution in [1.29, 1.82) is 0 Å². The van der Waals surface area contributed by atoms with Gasteiger partial charge in [-0.2, -0.15) is 0 Å². The summed E-state index contributed by atoms with van der Waals surface area (Å²) in [6.45, 7) is 3.67. The molecular weight excluding hydrogens is 275 g/mol. The Morgan fingerprint density at radius 3 is 2.33 bits per heavy atom. The number of rotatable bonds is 4. The van der Waals surface area contributed by atoms with Crippen LogP contribution in [0.3, 0.4) is 0 Å². The fourth-order valence-corrected chi connectivity index (χ4v) is 1.65. The number of aromatic hydroxyl groups is 2. The summed E-state index contributed by atoms with van der Waals surface area (Å²) < 4.78 is 12.8. The zero-order valence-electron chi connectivity index (χ0n) is 10.9. The second-order valence-corrected chi connectivity index (χ2v) is 4.27. The van der Waals surface area contributed by atoms with E-state index in [9.17, 15) is 19.4 Å². The molecule has 0 saturated heterocycles. The number of benzene rings is 2. The van der Waals surface area contributed by atoms with Gasteiger partial charge in [-0.1, -0.05) is 6.58 Å². The quantitative estimate of drug-likeness (QED) is 0.650. The van der Waals surface area contributed by atoms with Gasteiger partial charge >= 0.3 is 0 Å². The maximum Gasteiger partial charge on any atom is 0.269 e. The van der Waals surface area contributed by atoms with Crippen molar-refractivity contribution in [1.82, 2.24) is 10.9 Å². The van der Waals surface area contributed by atoms with Crippen molar-refractivity contribution in [2.45, 2.75) is 0 Å². The second kappa shape index (κ2) is 5.96. The summed E-state index contributed by atoms with van der Waals surface area (Å²) in [5.41, 5.74) is 5.75. The van der Waals surface area contributed by atoms with Gasteiger partial charge in [-0.25, -0.2) is 4.39 Å². The summed E-state index contributed by atoms with van der Waals surface area (Å²) in [4.78, 5) is 11.8. The predicted molar refractivity (Wildman–Crippen MR) is 75.8 cm³/mol. The average Bonchev–Trinajstić information content (AvgIpc) is 2.45. The molecule has 0 unspecified atom stereocenters. The molecule has 0 aliphatic heterocycles. The van der Waals surface area contributed by atoms with Crippen LogP contribution in [0.15, 0.2) is 49.0 Å². The fourth-order valence-electron chi connectivity index (χ4n) is 1.65. The van der Waals surface area contributed by atoms with Crippen LogP contribution in [-0.2, 0) is 0 Å². The minimum atomic E-state index is -0.477. The zero-order chi connectivity index (χ0) is 15.4. The molecule has 0 saturated carbocycles. The average molecular weight is 288 g/mol. The number of carbonyl (C=O) groups is 1. The van der Waals surface area contributed by atoms with Gasteiger partial charge in [0.1, 0.15) is 17.3 Å². The molecule has 0 spiro atoms. The van der Waals surface area contributed by atoms with E-state index >= 15 is 0 Å². The lowest BCUT2D eigenvalue weighted by Gasteiger charge is -2.12. The number of hydrogen-bond donors (Lipinski definition) is 4. The molecule has 1 amide bonds. The van der Waals surface area contributed by atoms with E-state index in [-0.39, 0.29) is 22.8 Å². The smallest absolute Gasteiger partial charge is 0.269 e. The third kappa shape index (κ3) is 3.50. The third-order valence-electron chi connectivity index (χ3n) is 2.74. The van der Waals surface area contributed by atoms with E-state index in [1.807, 2.05) is 0 Å². The molecule has 0 atom stereocenters. The van der Waals surface area contributed by atoms with Gasteiger partial charge in [0.05, 0.1) is 5.70 Å². The molecule has 6 heteroatoms. The molecule has 2 aromatic rings. The van der Waals surface area contributed by atoms with Gasteiger partial charge < -0.3 is 10.2 Å². The lowest BCUT2D eigenvalue weighted by atomic mass is 10.1. The van der Waals surface area contributed by atoms with E-state index in [0.717, 1.165) is 6.07 Å². The standard InChI is InChI=1S/C15H13FN2O3/c1-9(13-7-6-12(19)8-14(13)20)17-18-15(21)10-2-4-11(16)5-3-10/h2-8,17,19-20H,1H2,(H,18,21). The molecule has 0 fully saturated rings. The van der Waals surface area contributed by atoms with E-state index in [2.05, 4.69) is 17.4 Å². The zero-order valence-corrected chi connectivity index (χ0v) is 10.9. The van der Waals surface area contributed by atoms with Crippen LogP contribution < -0.4 is 10.9 Å². The Balaban J connectivity index is 2.00. The van der Waals surface area contributed by atoms with Crippen LogP contribution in [0.4, 0.5) is 4.39 Å². The highest BCUT2D eigenvalue weighted by Gasteiger charge is 2.09. The summed E-state index contributed by atoms with van der Waals surface area (Å²) >= 11 is 0. The predicted octanol–water partition coefficient (Wildman–Crippen LogP) is 2.14. The van der Waals surface area contributed by atoms with Crippen molar-refractivity contribution in [2.24, 2.45) is 0 Å². The Hall–Kier alpha value is -3.02. The van der Waals surface area contributed by atoms with Gasteiger partial charge in [0.2, 0.25) is 0 Å². The van der Waals surface area contributed by atoms with E-state index in [1.54, 1.807) is 0 Å². The number of nitrogens with one attached hydrogen (secondary N) is 2. The molecule has 2 rings (SSSR count). The number of halogens is 1. The first-order chi connectivity index (χ1) is 9.97. The van der Waals surface area contributed by atoms with Crippen LogP contribution in [0.25, 0.3) is 5.70 Å². The Bertz CT molecular complexity index is 684. The summed E-state index contributed by atoms with van der Waals surface area (Å²) in [6, 6.07) is 9.02. The summed E-state index contributed by atoms with van der Waals surface area (Å²) in [7, 11) is 0. The van der Waals surface area contributed by atoms with Gasteiger partial charge in [0.25, 0.3) is 5.91 Å². The summed E-state index contributed by atoms with van der Waals surface area (Å²) in [5, 5.41) is 18.9. The van der Waals surface area contributed by atoms with Crippen molar-refractivity contribution >= 4 is 11.6 Å². The van der Waals surface area contributed by atoms with Crippen molar-refractivity contribution in [3.8, 4) is 11.5 Å².